The molecule has 0 saturated heterocycles. The SMILES string of the molecule is Cc1ccc(S(=O)(=O)NC(=O)N2CCc3ccc(CS(=O)(=O)c4ccc(-c5ccccc5)cc4)cc3CC2)cc1. The number of fused-ring (bicyclic) bond motifs is 1. The number of hydrogen-bond donors (Lipinski definition) is 1. The lowest BCUT2D eigenvalue weighted by molar-refractivity contribution is 0.206. The first-order chi connectivity index (χ1) is 19.1. The molecule has 0 radical (unpaired) electrons. The van der Waals surface area contributed by atoms with Crippen molar-refractivity contribution in [3.05, 3.63) is 119 Å². The van der Waals surface area contributed by atoms with E-state index < -0.39 is 25.9 Å². The van der Waals surface area contributed by atoms with Crippen LogP contribution in [0.1, 0.15) is 22.3 Å². The summed E-state index contributed by atoms with van der Waals surface area (Å²) < 4.78 is 53.9. The molecule has 0 fully saturated rings. The number of urea groups is 1. The number of amides is 2. The third kappa shape index (κ3) is 6.26. The van der Waals surface area contributed by atoms with E-state index >= 15 is 0 Å². The van der Waals surface area contributed by atoms with E-state index in [-0.39, 0.29) is 15.5 Å². The highest BCUT2D eigenvalue weighted by molar-refractivity contribution is 7.90. The van der Waals surface area contributed by atoms with E-state index in [1.165, 1.54) is 17.0 Å². The first-order valence-electron chi connectivity index (χ1n) is 13.0. The molecule has 1 aliphatic heterocycles. The Morgan fingerprint density at radius 3 is 2.00 bits per heavy atom. The van der Waals surface area contributed by atoms with Crippen LogP contribution in [0.3, 0.4) is 0 Å². The van der Waals surface area contributed by atoms with Gasteiger partial charge in [-0.3, -0.25) is 0 Å². The van der Waals surface area contributed by atoms with Gasteiger partial charge in [0.2, 0.25) is 0 Å². The predicted molar refractivity (Wildman–Crippen MR) is 155 cm³/mol. The van der Waals surface area contributed by atoms with Crippen LogP contribution in [0.25, 0.3) is 11.1 Å². The van der Waals surface area contributed by atoms with Crippen LogP contribution in [0.4, 0.5) is 4.79 Å². The second kappa shape index (κ2) is 11.3. The number of sulfone groups is 1. The van der Waals surface area contributed by atoms with E-state index in [1.807, 2.05) is 67.6 Å². The molecule has 7 nitrogen and oxygen atoms in total. The van der Waals surface area contributed by atoms with Gasteiger partial charge in [0, 0.05) is 13.1 Å². The minimum Gasteiger partial charge on any atom is -0.323 e. The molecule has 206 valence electrons. The van der Waals surface area contributed by atoms with Gasteiger partial charge >= 0.3 is 6.03 Å². The number of nitrogens with zero attached hydrogens (tertiary/aromatic N) is 1. The highest BCUT2D eigenvalue weighted by Crippen LogP contribution is 2.25. The second-order valence-electron chi connectivity index (χ2n) is 9.96. The van der Waals surface area contributed by atoms with Gasteiger partial charge in [-0.05, 0) is 71.8 Å². The highest BCUT2D eigenvalue weighted by atomic mass is 32.2. The van der Waals surface area contributed by atoms with Gasteiger partial charge in [-0.1, -0.05) is 78.4 Å². The summed E-state index contributed by atoms with van der Waals surface area (Å²) in [5.41, 5.74) is 5.54. The monoisotopic (exact) mass is 574 g/mol. The molecule has 0 spiro atoms. The summed E-state index contributed by atoms with van der Waals surface area (Å²) in [4.78, 5) is 14.6. The molecule has 0 atom stereocenters. The molecule has 0 unspecified atom stereocenters. The van der Waals surface area contributed by atoms with Crippen LogP contribution in [-0.4, -0.2) is 40.9 Å². The average Bonchev–Trinajstić information content (AvgIpc) is 3.16. The number of benzene rings is 4. The third-order valence-corrected chi connectivity index (χ3v) is 10.1. The van der Waals surface area contributed by atoms with Crippen molar-refractivity contribution in [3.63, 3.8) is 0 Å². The Morgan fingerprint density at radius 2 is 1.32 bits per heavy atom. The van der Waals surface area contributed by atoms with Crippen molar-refractivity contribution in [1.82, 2.24) is 9.62 Å². The van der Waals surface area contributed by atoms with Gasteiger partial charge in [0.25, 0.3) is 10.0 Å². The molecule has 5 rings (SSSR count). The fraction of sp³-hybridized carbons (Fsp3) is 0.194. The van der Waals surface area contributed by atoms with E-state index in [4.69, 9.17) is 0 Å². The lowest BCUT2D eigenvalue weighted by Crippen LogP contribution is -2.43. The van der Waals surface area contributed by atoms with E-state index in [2.05, 4.69) is 4.72 Å². The number of carbonyl (C=O) groups excluding carboxylic acids is 1. The minimum atomic E-state index is -3.98. The molecule has 0 bridgehead atoms. The van der Waals surface area contributed by atoms with Crippen molar-refractivity contribution in [2.24, 2.45) is 0 Å². The number of hydrogen-bond acceptors (Lipinski definition) is 5. The summed E-state index contributed by atoms with van der Waals surface area (Å²) in [5, 5.41) is 0. The normalized spacial score (nSPS) is 13.8. The quantitative estimate of drug-likeness (QED) is 0.344. The number of aryl methyl sites for hydroxylation is 1. The first kappa shape index (κ1) is 27.6. The summed E-state index contributed by atoms with van der Waals surface area (Å²) in [6.07, 6.45) is 1.04. The van der Waals surface area contributed by atoms with Gasteiger partial charge in [0.1, 0.15) is 0 Å². The molecule has 0 aliphatic carbocycles. The van der Waals surface area contributed by atoms with Gasteiger partial charge in [0.15, 0.2) is 9.84 Å². The Morgan fingerprint density at radius 1 is 0.725 bits per heavy atom. The Kier molecular flexibility index (Phi) is 7.78. The van der Waals surface area contributed by atoms with Crippen LogP contribution < -0.4 is 4.72 Å². The van der Waals surface area contributed by atoms with Crippen molar-refractivity contribution in [1.29, 1.82) is 0 Å². The molecule has 9 heteroatoms. The molecule has 1 N–H and O–H groups in total. The Labute approximate surface area is 235 Å². The largest absolute Gasteiger partial charge is 0.331 e. The molecule has 1 aliphatic rings. The zero-order chi connectivity index (χ0) is 28.3. The van der Waals surface area contributed by atoms with Gasteiger partial charge in [-0.15, -0.1) is 0 Å². The fourth-order valence-electron chi connectivity index (χ4n) is 4.82. The molecule has 40 heavy (non-hydrogen) atoms. The second-order valence-corrected chi connectivity index (χ2v) is 13.6. The lowest BCUT2D eigenvalue weighted by atomic mass is 10.0. The molecule has 4 aromatic carbocycles. The highest BCUT2D eigenvalue weighted by Gasteiger charge is 2.24. The lowest BCUT2D eigenvalue weighted by Gasteiger charge is -2.20. The van der Waals surface area contributed by atoms with E-state index in [0.717, 1.165) is 27.8 Å². The van der Waals surface area contributed by atoms with Gasteiger partial charge in [-0.2, -0.15) is 0 Å². The zero-order valence-electron chi connectivity index (χ0n) is 22.1. The maximum Gasteiger partial charge on any atom is 0.331 e. The number of sulfonamides is 1. The van der Waals surface area contributed by atoms with Crippen LogP contribution in [0.15, 0.2) is 107 Å². The smallest absolute Gasteiger partial charge is 0.323 e. The molecular weight excluding hydrogens is 544 g/mol. The van der Waals surface area contributed by atoms with Crippen LogP contribution in [0.5, 0.6) is 0 Å². The third-order valence-electron chi connectivity index (χ3n) is 7.09. The minimum absolute atomic E-state index is 0.0325. The zero-order valence-corrected chi connectivity index (χ0v) is 23.7. The van der Waals surface area contributed by atoms with Crippen LogP contribution in [0.2, 0.25) is 0 Å². The summed E-state index contributed by atoms with van der Waals surface area (Å²) >= 11 is 0. The molecule has 2 amide bonds. The maximum absolute atomic E-state index is 13.2. The Balaban J connectivity index is 1.25. The fourth-order valence-corrected chi connectivity index (χ4v) is 7.12. The van der Waals surface area contributed by atoms with E-state index in [0.29, 0.717) is 31.5 Å². The summed E-state index contributed by atoms with van der Waals surface area (Å²) in [5.74, 6) is -0.135. The number of rotatable bonds is 6. The predicted octanol–water partition coefficient (Wildman–Crippen LogP) is 5.14. The molecular formula is C31H30N2O5S2. The van der Waals surface area contributed by atoms with Crippen molar-refractivity contribution < 1.29 is 21.6 Å². The van der Waals surface area contributed by atoms with Crippen molar-refractivity contribution in [3.8, 4) is 11.1 Å². The van der Waals surface area contributed by atoms with Gasteiger partial charge in [0.05, 0.1) is 15.5 Å². The Bertz CT molecular complexity index is 1730. The number of nitrogens with one attached hydrogen (secondary N) is 1. The van der Waals surface area contributed by atoms with Crippen LogP contribution >= 0.6 is 0 Å². The summed E-state index contributed by atoms with van der Waals surface area (Å²) in [7, 11) is -7.55. The van der Waals surface area contributed by atoms with Crippen LogP contribution in [0, 0.1) is 6.92 Å². The van der Waals surface area contributed by atoms with Crippen LogP contribution in [-0.2, 0) is 38.5 Å². The molecule has 0 saturated carbocycles. The van der Waals surface area contributed by atoms with Crippen molar-refractivity contribution >= 4 is 25.9 Å². The van der Waals surface area contributed by atoms with Gasteiger partial charge in [-0.25, -0.2) is 26.4 Å². The summed E-state index contributed by atoms with van der Waals surface area (Å²) in [6.45, 7) is 2.53. The topological polar surface area (TPSA) is 101 Å². The molecule has 0 aromatic heterocycles. The molecule has 1 heterocycles. The van der Waals surface area contributed by atoms with Crippen molar-refractivity contribution in [2.45, 2.75) is 35.3 Å². The first-order valence-corrected chi connectivity index (χ1v) is 16.1. The van der Waals surface area contributed by atoms with E-state index in [1.54, 1.807) is 24.3 Å². The average molecular weight is 575 g/mol. The van der Waals surface area contributed by atoms with Gasteiger partial charge < -0.3 is 4.90 Å². The standard InChI is InChI=1S/C31H30N2O5S2/c1-23-7-13-30(14-8-23)40(37,38)32-31(34)33-19-17-27-10-9-24(21-28(27)18-20-33)22-39(35,36)29-15-11-26(12-16-29)25-5-3-2-4-6-25/h2-16,21H,17-20,22H2,1H3,(H,32,34). The van der Waals surface area contributed by atoms with Crippen molar-refractivity contribution in [2.75, 3.05) is 13.1 Å². The van der Waals surface area contributed by atoms with E-state index in [9.17, 15) is 21.6 Å². The summed E-state index contributed by atoms with van der Waals surface area (Å²) in [6, 6.07) is 27.9. The number of carbonyl (C=O) groups is 1. The molecule has 4 aromatic rings. The Hall–Kier alpha value is -3.95. The maximum atomic E-state index is 13.2.